The number of benzene rings is 2. The number of rotatable bonds is 3. The molecule has 2 aromatic carbocycles. The van der Waals surface area contributed by atoms with E-state index in [1.54, 1.807) is 0 Å². The summed E-state index contributed by atoms with van der Waals surface area (Å²) in [5.41, 5.74) is 2.76. The quantitative estimate of drug-likeness (QED) is 0.555. The molecule has 0 atom stereocenters. The van der Waals surface area contributed by atoms with Crippen LogP contribution in [0, 0.1) is 0 Å². The van der Waals surface area contributed by atoms with Gasteiger partial charge in [0.15, 0.2) is 11.5 Å². The van der Waals surface area contributed by atoms with E-state index in [1.807, 2.05) is 40.9 Å². The van der Waals surface area contributed by atoms with Crippen molar-refractivity contribution < 1.29 is 0 Å². The van der Waals surface area contributed by atoms with E-state index in [1.165, 1.54) is 0 Å². The predicted molar refractivity (Wildman–Crippen MR) is 92.7 cm³/mol. The van der Waals surface area contributed by atoms with Crippen LogP contribution in [0.2, 0.25) is 5.02 Å². The molecule has 0 aliphatic rings. The van der Waals surface area contributed by atoms with Gasteiger partial charge in [-0.25, -0.2) is 0 Å². The Bertz CT molecular complexity index is 989. The molecule has 4 rings (SSSR count). The predicted octanol–water partition coefficient (Wildman–Crippen LogP) is 4.55. The van der Waals surface area contributed by atoms with E-state index in [0.29, 0.717) is 0 Å². The van der Waals surface area contributed by atoms with Gasteiger partial charge in [-0.1, -0.05) is 54.9 Å². The van der Waals surface area contributed by atoms with Gasteiger partial charge in [-0.05, 0) is 18.6 Å². The molecule has 0 radical (unpaired) electrons. The van der Waals surface area contributed by atoms with Crippen LogP contribution in [0.25, 0.3) is 27.7 Å². The SMILES string of the molecule is CCCc1nnc2c3ccccc3c(-c3ccc(Cl)cc3)nn12. The second kappa shape index (κ2) is 5.63. The number of aromatic nitrogens is 4. The fraction of sp³-hybridized carbons (Fsp3) is 0.167. The van der Waals surface area contributed by atoms with Crippen LogP contribution in [0.15, 0.2) is 48.5 Å². The average Bonchev–Trinajstić information content (AvgIpc) is 2.99. The van der Waals surface area contributed by atoms with Crippen LogP contribution in [-0.4, -0.2) is 19.8 Å². The van der Waals surface area contributed by atoms with Crippen molar-refractivity contribution in [2.75, 3.05) is 0 Å². The van der Waals surface area contributed by atoms with Crippen molar-refractivity contribution in [3.05, 3.63) is 59.4 Å². The lowest BCUT2D eigenvalue weighted by Gasteiger charge is -2.08. The molecule has 0 bridgehead atoms. The summed E-state index contributed by atoms with van der Waals surface area (Å²) in [6, 6.07) is 15.9. The zero-order chi connectivity index (χ0) is 15.8. The Kier molecular flexibility index (Phi) is 3.46. The number of hydrogen-bond donors (Lipinski definition) is 0. The van der Waals surface area contributed by atoms with E-state index in [0.717, 1.165) is 51.4 Å². The molecule has 4 aromatic rings. The first kappa shape index (κ1) is 14.2. The first-order valence-corrected chi connectivity index (χ1v) is 8.04. The Morgan fingerprint density at radius 1 is 0.957 bits per heavy atom. The smallest absolute Gasteiger partial charge is 0.185 e. The number of fused-ring (bicyclic) bond motifs is 3. The van der Waals surface area contributed by atoms with Crippen molar-refractivity contribution in [2.45, 2.75) is 19.8 Å². The first-order chi connectivity index (χ1) is 11.3. The van der Waals surface area contributed by atoms with Gasteiger partial charge in [0, 0.05) is 27.8 Å². The lowest BCUT2D eigenvalue weighted by atomic mass is 10.1. The van der Waals surface area contributed by atoms with E-state index in [2.05, 4.69) is 29.3 Å². The van der Waals surface area contributed by atoms with E-state index in [-0.39, 0.29) is 0 Å². The van der Waals surface area contributed by atoms with E-state index >= 15 is 0 Å². The molecule has 0 saturated carbocycles. The zero-order valence-corrected chi connectivity index (χ0v) is 13.5. The summed E-state index contributed by atoms with van der Waals surface area (Å²) in [6.45, 7) is 2.13. The molecule has 5 heteroatoms. The second-order valence-electron chi connectivity index (χ2n) is 5.50. The molecule has 0 amide bonds. The Labute approximate surface area is 138 Å². The Morgan fingerprint density at radius 3 is 2.43 bits per heavy atom. The monoisotopic (exact) mass is 322 g/mol. The second-order valence-corrected chi connectivity index (χ2v) is 5.94. The van der Waals surface area contributed by atoms with E-state index in [9.17, 15) is 0 Å². The summed E-state index contributed by atoms with van der Waals surface area (Å²) in [5, 5.41) is 16.3. The van der Waals surface area contributed by atoms with Crippen LogP contribution in [0.1, 0.15) is 19.2 Å². The van der Waals surface area contributed by atoms with Gasteiger partial charge in [0.2, 0.25) is 0 Å². The van der Waals surface area contributed by atoms with Crippen molar-refractivity contribution in [3.63, 3.8) is 0 Å². The topological polar surface area (TPSA) is 43.1 Å². The van der Waals surface area contributed by atoms with Gasteiger partial charge in [0.1, 0.15) is 0 Å². The highest BCUT2D eigenvalue weighted by molar-refractivity contribution is 6.30. The highest BCUT2D eigenvalue weighted by Gasteiger charge is 2.14. The molecule has 0 saturated heterocycles. The Hall–Kier alpha value is -2.46. The van der Waals surface area contributed by atoms with Crippen LogP contribution < -0.4 is 0 Å². The number of aryl methyl sites for hydroxylation is 1. The fourth-order valence-electron chi connectivity index (χ4n) is 2.82. The Morgan fingerprint density at radius 2 is 1.70 bits per heavy atom. The van der Waals surface area contributed by atoms with Gasteiger partial charge < -0.3 is 0 Å². The third kappa shape index (κ3) is 2.35. The minimum Gasteiger partial charge on any atom is -0.196 e. The van der Waals surface area contributed by atoms with Crippen LogP contribution >= 0.6 is 11.6 Å². The molecule has 0 N–H and O–H groups in total. The van der Waals surface area contributed by atoms with Crippen LogP contribution in [0.3, 0.4) is 0 Å². The third-order valence-electron chi connectivity index (χ3n) is 3.92. The molecule has 2 aromatic heterocycles. The fourth-order valence-corrected chi connectivity index (χ4v) is 2.95. The van der Waals surface area contributed by atoms with Gasteiger partial charge in [-0.2, -0.15) is 9.61 Å². The van der Waals surface area contributed by atoms with Crippen LogP contribution in [-0.2, 0) is 6.42 Å². The van der Waals surface area contributed by atoms with Crippen molar-refractivity contribution in [1.29, 1.82) is 0 Å². The van der Waals surface area contributed by atoms with Gasteiger partial charge >= 0.3 is 0 Å². The van der Waals surface area contributed by atoms with E-state index in [4.69, 9.17) is 16.7 Å². The zero-order valence-electron chi connectivity index (χ0n) is 12.7. The summed E-state index contributed by atoms with van der Waals surface area (Å²) in [4.78, 5) is 0. The summed E-state index contributed by atoms with van der Waals surface area (Å²) in [7, 11) is 0. The molecule has 2 heterocycles. The maximum atomic E-state index is 6.02. The molecule has 23 heavy (non-hydrogen) atoms. The lowest BCUT2D eigenvalue weighted by molar-refractivity contribution is 0.774. The maximum absolute atomic E-state index is 6.02. The summed E-state index contributed by atoms with van der Waals surface area (Å²) in [6.07, 6.45) is 1.86. The van der Waals surface area contributed by atoms with Crippen molar-refractivity contribution in [1.82, 2.24) is 19.8 Å². The molecule has 0 aliphatic heterocycles. The average molecular weight is 323 g/mol. The van der Waals surface area contributed by atoms with Gasteiger partial charge in [-0.15, -0.1) is 10.2 Å². The maximum Gasteiger partial charge on any atom is 0.185 e. The molecule has 0 fully saturated rings. The van der Waals surface area contributed by atoms with Gasteiger partial charge in [0.05, 0.1) is 5.69 Å². The molecular formula is C18H15ClN4. The van der Waals surface area contributed by atoms with Crippen molar-refractivity contribution >= 4 is 28.0 Å². The normalized spacial score (nSPS) is 11.4. The largest absolute Gasteiger partial charge is 0.196 e. The van der Waals surface area contributed by atoms with Crippen LogP contribution in [0.4, 0.5) is 0 Å². The highest BCUT2D eigenvalue weighted by Crippen LogP contribution is 2.29. The summed E-state index contributed by atoms with van der Waals surface area (Å²) in [5.74, 6) is 0.892. The molecular weight excluding hydrogens is 308 g/mol. The van der Waals surface area contributed by atoms with Gasteiger partial charge in [-0.3, -0.25) is 0 Å². The molecule has 0 aliphatic carbocycles. The summed E-state index contributed by atoms with van der Waals surface area (Å²) < 4.78 is 1.87. The molecule has 0 spiro atoms. The lowest BCUT2D eigenvalue weighted by Crippen LogP contribution is -2.01. The van der Waals surface area contributed by atoms with E-state index < -0.39 is 0 Å². The van der Waals surface area contributed by atoms with Crippen molar-refractivity contribution in [2.24, 2.45) is 0 Å². The Balaban J connectivity index is 2.07. The minimum atomic E-state index is 0.718. The minimum absolute atomic E-state index is 0.718. The molecule has 4 nitrogen and oxygen atoms in total. The third-order valence-corrected chi connectivity index (χ3v) is 4.17. The van der Waals surface area contributed by atoms with Crippen LogP contribution in [0.5, 0.6) is 0 Å². The number of nitrogens with zero attached hydrogens (tertiary/aromatic N) is 4. The molecule has 0 unspecified atom stereocenters. The number of hydrogen-bond acceptors (Lipinski definition) is 3. The summed E-state index contributed by atoms with van der Waals surface area (Å²) >= 11 is 6.02. The van der Waals surface area contributed by atoms with Crippen molar-refractivity contribution in [3.8, 4) is 11.3 Å². The molecule has 114 valence electrons. The van der Waals surface area contributed by atoms with Gasteiger partial charge in [0.25, 0.3) is 0 Å². The highest BCUT2D eigenvalue weighted by atomic mass is 35.5. The first-order valence-electron chi connectivity index (χ1n) is 7.67. The number of halogens is 1. The standard InChI is InChI=1S/C18H15ClN4/c1-2-5-16-20-21-18-15-7-4-3-6-14(15)17(22-23(16)18)12-8-10-13(19)11-9-12/h3-4,6-11H,2,5H2,1H3.